The lowest BCUT2D eigenvalue weighted by Crippen LogP contribution is -2.30. The number of imidazole rings is 1. The van der Waals surface area contributed by atoms with Crippen molar-refractivity contribution >= 4 is 23.3 Å². The first-order valence-corrected chi connectivity index (χ1v) is 11.2. The van der Waals surface area contributed by atoms with Crippen LogP contribution >= 0.6 is 0 Å². The average molecular weight is 495 g/mol. The van der Waals surface area contributed by atoms with E-state index in [9.17, 15) is 24.9 Å². The highest BCUT2D eigenvalue weighted by molar-refractivity contribution is 5.84. The molecule has 0 aliphatic rings. The van der Waals surface area contributed by atoms with Gasteiger partial charge in [-0.1, -0.05) is 19.1 Å². The van der Waals surface area contributed by atoms with E-state index >= 15 is 0 Å². The SMILES string of the molecule is CCc1cccc(OC[C@H](O)Cn2c(N/N=C/c3ccc(O)cc3O)nc3c2c(=O)[nH]c(=O)n3C)c1. The summed E-state index contributed by atoms with van der Waals surface area (Å²) in [5.74, 6) is 0.406. The highest BCUT2D eigenvalue weighted by atomic mass is 16.5. The number of hydrogen-bond donors (Lipinski definition) is 5. The number of benzene rings is 2. The molecule has 12 nitrogen and oxygen atoms in total. The molecule has 0 spiro atoms. The smallest absolute Gasteiger partial charge is 0.329 e. The number of aromatic hydroxyl groups is 2. The number of H-pyrrole nitrogens is 1. The summed E-state index contributed by atoms with van der Waals surface area (Å²) in [6.45, 7) is 1.89. The zero-order valence-corrected chi connectivity index (χ0v) is 19.7. The third kappa shape index (κ3) is 5.23. The molecule has 0 aliphatic carbocycles. The van der Waals surface area contributed by atoms with Crippen LogP contribution in [0.2, 0.25) is 0 Å². The van der Waals surface area contributed by atoms with Gasteiger partial charge in [0.25, 0.3) is 5.56 Å². The van der Waals surface area contributed by atoms with Crippen LogP contribution < -0.4 is 21.4 Å². The number of nitrogens with one attached hydrogen (secondary N) is 2. The summed E-state index contributed by atoms with van der Waals surface area (Å²) < 4.78 is 8.30. The quantitative estimate of drug-likeness (QED) is 0.171. The van der Waals surface area contributed by atoms with E-state index in [0.717, 1.165) is 12.0 Å². The monoisotopic (exact) mass is 494 g/mol. The number of aryl methyl sites for hydroxylation is 2. The van der Waals surface area contributed by atoms with Gasteiger partial charge in [0.05, 0.1) is 12.8 Å². The number of aromatic nitrogens is 4. The highest BCUT2D eigenvalue weighted by Crippen LogP contribution is 2.21. The first-order chi connectivity index (χ1) is 17.3. The van der Waals surface area contributed by atoms with Crippen LogP contribution in [0.3, 0.4) is 0 Å². The molecule has 0 aliphatic heterocycles. The Kier molecular flexibility index (Phi) is 7.06. The fourth-order valence-corrected chi connectivity index (χ4v) is 3.61. The van der Waals surface area contributed by atoms with Crippen LogP contribution in [-0.2, 0) is 20.0 Å². The maximum absolute atomic E-state index is 12.6. The van der Waals surface area contributed by atoms with Gasteiger partial charge in [-0.15, -0.1) is 0 Å². The number of rotatable bonds is 9. The molecule has 36 heavy (non-hydrogen) atoms. The molecular formula is C24H26N6O6. The van der Waals surface area contributed by atoms with Crippen LogP contribution in [0.4, 0.5) is 5.95 Å². The van der Waals surface area contributed by atoms with E-state index in [4.69, 9.17) is 4.74 Å². The number of aromatic amines is 1. The van der Waals surface area contributed by atoms with Gasteiger partial charge >= 0.3 is 5.69 Å². The topological polar surface area (TPSA) is 167 Å². The molecule has 12 heteroatoms. The molecule has 0 amide bonds. The number of hydrogen-bond acceptors (Lipinski definition) is 9. The predicted molar refractivity (Wildman–Crippen MR) is 134 cm³/mol. The van der Waals surface area contributed by atoms with Gasteiger partial charge in [0.15, 0.2) is 11.2 Å². The van der Waals surface area contributed by atoms with Crippen LogP contribution in [0.1, 0.15) is 18.1 Å². The Balaban J connectivity index is 1.61. The van der Waals surface area contributed by atoms with Gasteiger partial charge in [-0.05, 0) is 36.2 Å². The number of nitrogens with zero attached hydrogens (tertiary/aromatic N) is 4. The number of fused-ring (bicyclic) bond motifs is 1. The van der Waals surface area contributed by atoms with Crippen molar-refractivity contribution < 1.29 is 20.1 Å². The maximum Gasteiger partial charge on any atom is 0.329 e. The van der Waals surface area contributed by atoms with Gasteiger partial charge in [-0.3, -0.25) is 14.3 Å². The van der Waals surface area contributed by atoms with E-state index in [2.05, 4.69) is 20.5 Å². The van der Waals surface area contributed by atoms with Gasteiger partial charge in [0.1, 0.15) is 30.0 Å². The van der Waals surface area contributed by atoms with E-state index in [1.165, 1.54) is 40.6 Å². The van der Waals surface area contributed by atoms with Gasteiger partial charge < -0.3 is 24.6 Å². The summed E-state index contributed by atoms with van der Waals surface area (Å²) in [5.41, 5.74) is 2.95. The third-order valence-corrected chi connectivity index (χ3v) is 5.53. The second kappa shape index (κ2) is 10.4. The van der Waals surface area contributed by atoms with Crippen molar-refractivity contribution in [2.75, 3.05) is 12.0 Å². The number of phenols is 2. The maximum atomic E-state index is 12.6. The first-order valence-electron chi connectivity index (χ1n) is 11.2. The number of aliphatic hydroxyl groups excluding tert-OH is 1. The highest BCUT2D eigenvalue weighted by Gasteiger charge is 2.20. The summed E-state index contributed by atoms with van der Waals surface area (Å²) >= 11 is 0. The second-order valence-electron chi connectivity index (χ2n) is 8.12. The van der Waals surface area contributed by atoms with E-state index in [-0.39, 0.29) is 41.8 Å². The Labute approximate surface area is 204 Å². The fraction of sp³-hybridized carbons (Fsp3) is 0.250. The normalized spacial score (nSPS) is 12.3. The van der Waals surface area contributed by atoms with Gasteiger partial charge in [0.2, 0.25) is 5.95 Å². The Hall–Kier alpha value is -4.58. The standard InChI is InChI=1S/C24H26N6O6/c1-3-14-5-4-6-18(9-14)36-13-17(32)12-30-20-21(29(2)24(35)27-22(20)34)26-23(30)28-25-11-15-7-8-16(31)10-19(15)33/h4-11,17,31-33H,3,12-13H2,1-2H3,(H,26,28)(H,27,34,35)/b25-11+/t17-/m1/s1. The van der Waals surface area contributed by atoms with Crippen molar-refractivity contribution in [2.24, 2.45) is 12.1 Å². The molecule has 4 rings (SSSR count). The molecule has 0 bridgehead atoms. The summed E-state index contributed by atoms with van der Waals surface area (Å²) in [6.07, 6.45) is 1.11. The molecule has 2 aromatic carbocycles. The average Bonchev–Trinajstić information content (AvgIpc) is 3.21. The van der Waals surface area contributed by atoms with Gasteiger partial charge in [-0.2, -0.15) is 10.1 Å². The number of phenolic OH excluding ortho intramolecular Hbond substituents is 2. The van der Waals surface area contributed by atoms with Gasteiger partial charge in [0, 0.05) is 18.7 Å². The molecular weight excluding hydrogens is 468 g/mol. The molecule has 188 valence electrons. The summed E-state index contributed by atoms with van der Waals surface area (Å²) in [5, 5.41) is 34.1. The molecule has 2 aromatic heterocycles. The lowest BCUT2D eigenvalue weighted by Gasteiger charge is -2.15. The fourth-order valence-electron chi connectivity index (χ4n) is 3.61. The lowest BCUT2D eigenvalue weighted by molar-refractivity contribution is 0.0938. The summed E-state index contributed by atoms with van der Waals surface area (Å²) in [7, 11) is 1.46. The first kappa shape index (κ1) is 24.5. The number of hydrazone groups is 1. The van der Waals surface area contributed by atoms with Crippen LogP contribution in [0.15, 0.2) is 57.2 Å². The van der Waals surface area contributed by atoms with E-state index < -0.39 is 17.4 Å². The molecule has 0 saturated heterocycles. The minimum atomic E-state index is -1.03. The van der Waals surface area contributed by atoms with Crippen molar-refractivity contribution in [3.8, 4) is 17.2 Å². The molecule has 2 heterocycles. The molecule has 4 aromatic rings. The molecule has 0 saturated carbocycles. The second-order valence-corrected chi connectivity index (χ2v) is 8.12. The Morgan fingerprint density at radius 2 is 2.03 bits per heavy atom. The van der Waals surface area contributed by atoms with Crippen LogP contribution in [0, 0.1) is 0 Å². The summed E-state index contributed by atoms with van der Waals surface area (Å²) in [4.78, 5) is 31.2. The molecule has 0 radical (unpaired) electrons. The van der Waals surface area contributed by atoms with Crippen LogP contribution in [0.5, 0.6) is 17.2 Å². The number of anilines is 1. The number of ether oxygens (including phenoxy) is 1. The van der Waals surface area contributed by atoms with E-state index in [1.807, 2.05) is 25.1 Å². The van der Waals surface area contributed by atoms with E-state index in [1.54, 1.807) is 6.07 Å². The Morgan fingerprint density at radius 3 is 2.78 bits per heavy atom. The van der Waals surface area contributed by atoms with Crippen LogP contribution in [-0.4, -0.2) is 53.3 Å². The van der Waals surface area contributed by atoms with Crippen LogP contribution in [0.25, 0.3) is 11.2 Å². The molecule has 0 unspecified atom stereocenters. The zero-order valence-electron chi connectivity index (χ0n) is 19.7. The van der Waals surface area contributed by atoms with Gasteiger partial charge in [-0.25, -0.2) is 10.2 Å². The van der Waals surface area contributed by atoms with Crippen molar-refractivity contribution in [3.63, 3.8) is 0 Å². The molecule has 5 N–H and O–H groups in total. The lowest BCUT2D eigenvalue weighted by atomic mass is 10.2. The minimum Gasteiger partial charge on any atom is -0.508 e. The summed E-state index contributed by atoms with van der Waals surface area (Å²) in [6, 6.07) is 11.5. The predicted octanol–water partition coefficient (Wildman–Crippen LogP) is 1.28. The largest absolute Gasteiger partial charge is 0.508 e. The number of aliphatic hydroxyl groups is 1. The Bertz CT molecular complexity index is 1540. The third-order valence-electron chi connectivity index (χ3n) is 5.53. The molecule has 0 fully saturated rings. The zero-order chi connectivity index (χ0) is 25.8. The minimum absolute atomic E-state index is 0.0550. The van der Waals surface area contributed by atoms with Crippen molar-refractivity contribution in [1.29, 1.82) is 0 Å². The Morgan fingerprint density at radius 1 is 1.22 bits per heavy atom. The van der Waals surface area contributed by atoms with Crippen molar-refractivity contribution in [3.05, 3.63) is 74.4 Å². The van der Waals surface area contributed by atoms with Crippen molar-refractivity contribution in [1.82, 2.24) is 19.1 Å². The van der Waals surface area contributed by atoms with E-state index in [0.29, 0.717) is 11.3 Å². The molecule has 1 atom stereocenters. The van der Waals surface area contributed by atoms with Crippen molar-refractivity contribution in [2.45, 2.75) is 26.0 Å².